The first kappa shape index (κ1) is 14.6. The van der Waals surface area contributed by atoms with Crippen LogP contribution in [0.15, 0.2) is 23.0 Å². The predicted octanol–water partition coefficient (Wildman–Crippen LogP) is 1.44. The highest BCUT2D eigenvalue weighted by atomic mass is 16.2. The maximum absolute atomic E-state index is 12.6. The number of nitrogens with one attached hydrogen (secondary N) is 1. The molecule has 116 valence electrons. The molecule has 1 aromatic carbocycles. The normalized spacial score (nSPS) is 19.0. The molecular weight excluding hydrogens is 282 g/mol. The molecular formula is C16H19N3O3. The molecule has 0 bridgehead atoms. The maximum atomic E-state index is 12.6. The van der Waals surface area contributed by atoms with Crippen LogP contribution >= 0.6 is 0 Å². The highest BCUT2D eigenvalue weighted by molar-refractivity contribution is 6.00. The summed E-state index contributed by atoms with van der Waals surface area (Å²) in [4.78, 5) is 35.9. The zero-order chi connectivity index (χ0) is 16.0. The Morgan fingerprint density at radius 2 is 1.91 bits per heavy atom. The third-order valence-electron chi connectivity index (χ3n) is 4.30. The molecule has 0 spiro atoms. The van der Waals surface area contributed by atoms with Crippen molar-refractivity contribution in [3.8, 4) is 0 Å². The van der Waals surface area contributed by atoms with Crippen molar-refractivity contribution in [2.75, 3.05) is 0 Å². The van der Waals surface area contributed by atoms with Gasteiger partial charge in [-0.15, -0.1) is 0 Å². The summed E-state index contributed by atoms with van der Waals surface area (Å²) in [5.41, 5.74) is 2.45. The van der Waals surface area contributed by atoms with Gasteiger partial charge >= 0.3 is 5.69 Å². The van der Waals surface area contributed by atoms with Crippen molar-refractivity contribution in [2.24, 2.45) is 7.05 Å². The van der Waals surface area contributed by atoms with E-state index in [9.17, 15) is 14.4 Å². The molecule has 1 fully saturated rings. The summed E-state index contributed by atoms with van der Waals surface area (Å²) in [6, 6.07) is 5.23. The molecule has 0 aliphatic carbocycles. The summed E-state index contributed by atoms with van der Waals surface area (Å²) >= 11 is 0. The molecule has 6 heteroatoms. The number of carbonyl (C=O) groups is 2. The number of benzene rings is 1. The molecule has 1 saturated heterocycles. The van der Waals surface area contributed by atoms with Crippen molar-refractivity contribution >= 4 is 22.8 Å². The first-order valence-electron chi connectivity index (χ1n) is 7.44. The first-order chi connectivity index (χ1) is 10.4. The molecule has 2 aromatic rings. The standard InChI is InChI=1S/C16H19N3O3/c1-9(2)10-4-5-11-13(8-10)18(3)16(22)19(11)12-6-7-14(20)17-15(12)21/h4-5,8-9,12H,6-7H2,1-3H3,(H,17,20,21)/t12-/m1/s1. The van der Waals surface area contributed by atoms with Crippen LogP contribution in [0.2, 0.25) is 0 Å². The molecule has 0 radical (unpaired) electrons. The molecule has 1 N–H and O–H groups in total. The number of nitrogens with zero attached hydrogens (tertiary/aromatic N) is 2. The monoisotopic (exact) mass is 301 g/mol. The van der Waals surface area contributed by atoms with E-state index in [0.29, 0.717) is 12.3 Å². The van der Waals surface area contributed by atoms with Crippen LogP contribution in [-0.4, -0.2) is 20.9 Å². The molecule has 22 heavy (non-hydrogen) atoms. The molecule has 3 rings (SSSR count). The predicted molar refractivity (Wildman–Crippen MR) is 82.7 cm³/mol. The lowest BCUT2D eigenvalue weighted by Crippen LogP contribution is -2.44. The van der Waals surface area contributed by atoms with E-state index in [1.165, 1.54) is 4.57 Å². The van der Waals surface area contributed by atoms with Crippen LogP contribution in [0.3, 0.4) is 0 Å². The molecule has 0 saturated carbocycles. The van der Waals surface area contributed by atoms with E-state index in [1.807, 2.05) is 18.2 Å². The summed E-state index contributed by atoms with van der Waals surface area (Å²) in [6.07, 6.45) is 0.610. The topological polar surface area (TPSA) is 73.1 Å². The van der Waals surface area contributed by atoms with Crippen molar-refractivity contribution in [3.05, 3.63) is 34.2 Å². The zero-order valence-electron chi connectivity index (χ0n) is 12.9. The minimum atomic E-state index is -0.626. The number of hydrogen-bond acceptors (Lipinski definition) is 3. The van der Waals surface area contributed by atoms with E-state index >= 15 is 0 Å². The molecule has 2 amide bonds. The second-order valence-corrected chi connectivity index (χ2v) is 6.08. The van der Waals surface area contributed by atoms with E-state index in [4.69, 9.17) is 0 Å². The highest BCUT2D eigenvalue weighted by Gasteiger charge is 2.31. The molecule has 2 heterocycles. The molecule has 1 aromatic heterocycles. The number of fused-ring (bicyclic) bond motifs is 1. The van der Waals surface area contributed by atoms with Gasteiger partial charge < -0.3 is 0 Å². The number of carbonyl (C=O) groups excluding carboxylic acids is 2. The van der Waals surface area contributed by atoms with Crippen LogP contribution < -0.4 is 11.0 Å². The lowest BCUT2D eigenvalue weighted by molar-refractivity contribution is -0.135. The van der Waals surface area contributed by atoms with Crippen LogP contribution in [0.5, 0.6) is 0 Å². The van der Waals surface area contributed by atoms with Crippen LogP contribution in [0, 0.1) is 0 Å². The van der Waals surface area contributed by atoms with Gasteiger partial charge in [0, 0.05) is 13.5 Å². The largest absolute Gasteiger partial charge is 0.329 e. The minimum absolute atomic E-state index is 0.231. The van der Waals surface area contributed by atoms with Gasteiger partial charge in [-0.2, -0.15) is 0 Å². The van der Waals surface area contributed by atoms with Crippen molar-refractivity contribution in [1.82, 2.24) is 14.5 Å². The number of aryl methyl sites for hydroxylation is 1. The number of imidazole rings is 1. The zero-order valence-corrected chi connectivity index (χ0v) is 12.9. The Labute approximate surface area is 127 Å². The number of imide groups is 1. The van der Waals surface area contributed by atoms with Gasteiger partial charge in [-0.3, -0.25) is 24.0 Å². The first-order valence-corrected chi connectivity index (χ1v) is 7.44. The lowest BCUT2D eigenvalue weighted by Gasteiger charge is -2.22. The third-order valence-corrected chi connectivity index (χ3v) is 4.30. The number of rotatable bonds is 2. The second-order valence-electron chi connectivity index (χ2n) is 6.08. The Bertz CT molecular complexity index is 829. The maximum Gasteiger partial charge on any atom is 0.329 e. The Balaban J connectivity index is 2.18. The summed E-state index contributed by atoms with van der Waals surface area (Å²) in [5, 5.41) is 2.31. The SMILES string of the molecule is CC(C)c1ccc2c(c1)n(C)c(=O)n2[C@@H]1CCC(=O)NC1=O. The van der Waals surface area contributed by atoms with E-state index in [1.54, 1.807) is 11.6 Å². The van der Waals surface area contributed by atoms with Gasteiger partial charge in [-0.05, 0) is 30.0 Å². The Kier molecular flexibility index (Phi) is 3.39. The lowest BCUT2D eigenvalue weighted by atomic mass is 10.0. The molecule has 1 aliphatic rings. The van der Waals surface area contributed by atoms with Gasteiger partial charge in [0.2, 0.25) is 11.8 Å². The van der Waals surface area contributed by atoms with Crippen molar-refractivity contribution in [2.45, 2.75) is 38.6 Å². The summed E-state index contributed by atoms with van der Waals surface area (Å²) in [5.74, 6) is -0.325. The second kappa shape index (κ2) is 5.12. The number of aromatic nitrogens is 2. The van der Waals surface area contributed by atoms with Crippen molar-refractivity contribution < 1.29 is 9.59 Å². The van der Waals surface area contributed by atoms with Crippen molar-refractivity contribution in [1.29, 1.82) is 0 Å². The summed E-state index contributed by atoms with van der Waals surface area (Å²) in [6.45, 7) is 4.19. The third kappa shape index (κ3) is 2.15. The Hall–Kier alpha value is -2.37. The smallest absolute Gasteiger partial charge is 0.295 e. The molecule has 6 nitrogen and oxygen atoms in total. The fourth-order valence-electron chi connectivity index (χ4n) is 2.97. The van der Waals surface area contributed by atoms with Gasteiger partial charge in [-0.25, -0.2) is 4.79 Å². The van der Waals surface area contributed by atoms with Crippen LogP contribution in [0.25, 0.3) is 11.0 Å². The van der Waals surface area contributed by atoms with Gasteiger partial charge in [0.25, 0.3) is 0 Å². The number of hydrogen-bond donors (Lipinski definition) is 1. The van der Waals surface area contributed by atoms with E-state index in [-0.39, 0.29) is 18.0 Å². The number of piperidine rings is 1. The van der Waals surface area contributed by atoms with E-state index in [0.717, 1.165) is 16.6 Å². The summed E-state index contributed by atoms with van der Waals surface area (Å²) < 4.78 is 3.06. The minimum Gasteiger partial charge on any atom is -0.295 e. The van der Waals surface area contributed by atoms with Gasteiger partial charge in [0.05, 0.1) is 11.0 Å². The highest BCUT2D eigenvalue weighted by Crippen LogP contribution is 2.25. The molecule has 1 aliphatic heterocycles. The fraction of sp³-hybridized carbons (Fsp3) is 0.438. The average molecular weight is 301 g/mol. The van der Waals surface area contributed by atoms with Crippen LogP contribution in [0.4, 0.5) is 0 Å². The Morgan fingerprint density at radius 3 is 2.55 bits per heavy atom. The quantitative estimate of drug-likeness (QED) is 0.853. The Morgan fingerprint density at radius 1 is 1.18 bits per heavy atom. The van der Waals surface area contributed by atoms with Gasteiger partial charge in [0.1, 0.15) is 6.04 Å². The average Bonchev–Trinajstić information content (AvgIpc) is 2.71. The number of amides is 2. The molecule has 1 atom stereocenters. The fourth-order valence-corrected chi connectivity index (χ4v) is 2.97. The van der Waals surface area contributed by atoms with Gasteiger partial charge in [-0.1, -0.05) is 19.9 Å². The summed E-state index contributed by atoms with van der Waals surface area (Å²) in [7, 11) is 1.71. The van der Waals surface area contributed by atoms with Crippen LogP contribution in [-0.2, 0) is 16.6 Å². The van der Waals surface area contributed by atoms with Gasteiger partial charge in [0.15, 0.2) is 0 Å². The van der Waals surface area contributed by atoms with Crippen LogP contribution in [0.1, 0.15) is 44.2 Å². The van der Waals surface area contributed by atoms with E-state index < -0.39 is 11.9 Å². The van der Waals surface area contributed by atoms with Crippen molar-refractivity contribution in [3.63, 3.8) is 0 Å². The molecule has 0 unspecified atom stereocenters. The van der Waals surface area contributed by atoms with E-state index in [2.05, 4.69) is 19.2 Å².